The minimum Gasteiger partial charge on any atom is -0.493 e. The van der Waals surface area contributed by atoms with E-state index < -0.39 is 11.8 Å². The van der Waals surface area contributed by atoms with Gasteiger partial charge in [-0.1, -0.05) is 59.7 Å². The minimum absolute atomic E-state index is 0.0918. The molecule has 2 amide bonds. The third-order valence-electron chi connectivity index (χ3n) is 5.14. The van der Waals surface area contributed by atoms with Crippen molar-refractivity contribution >= 4 is 17.9 Å². The van der Waals surface area contributed by atoms with Crippen LogP contribution in [0.4, 0.5) is 0 Å². The molecule has 0 saturated carbocycles. The molecule has 0 aliphatic rings. The van der Waals surface area contributed by atoms with Gasteiger partial charge in [0.05, 0.1) is 13.2 Å². The van der Waals surface area contributed by atoms with Crippen molar-refractivity contribution in [2.45, 2.75) is 20.3 Å². The van der Waals surface area contributed by atoms with Crippen LogP contribution in [-0.2, 0) is 11.2 Å². The highest BCUT2D eigenvalue weighted by atomic mass is 16.5. The van der Waals surface area contributed by atoms with Crippen LogP contribution in [0.3, 0.4) is 0 Å². The zero-order valence-corrected chi connectivity index (χ0v) is 19.5. The fourth-order valence-electron chi connectivity index (χ4n) is 3.30. The SMILES string of the molecule is Cc1ccc(/C=C(\NC(=O)c2ccc(OCCc3cccc(C)c3)cc2)C(=O)NCCO)cc1. The number of rotatable bonds is 10. The highest BCUT2D eigenvalue weighted by molar-refractivity contribution is 6.05. The normalized spacial score (nSPS) is 11.1. The molecular formula is C28H30N2O4. The van der Waals surface area contributed by atoms with Crippen molar-refractivity contribution < 1.29 is 19.4 Å². The third kappa shape index (κ3) is 7.60. The lowest BCUT2D eigenvalue weighted by Gasteiger charge is -2.11. The number of aliphatic hydroxyl groups excluding tert-OH is 1. The van der Waals surface area contributed by atoms with Gasteiger partial charge in [0.1, 0.15) is 11.4 Å². The zero-order valence-electron chi connectivity index (χ0n) is 19.5. The topological polar surface area (TPSA) is 87.7 Å². The van der Waals surface area contributed by atoms with E-state index in [9.17, 15) is 9.59 Å². The van der Waals surface area contributed by atoms with Crippen LogP contribution in [0.2, 0.25) is 0 Å². The Balaban J connectivity index is 1.63. The summed E-state index contributed by atoms with van der Waals surface area (Å²) < 4.78 is 5.81. The second-order valence-corrected chi connectivity index (χ2v) is 8.01. The molecule has 0 atom stereocenters. The lowest BCUT2D eigenvalue weighted by molar-refractivity contribution is -0.117. The molecule has 176 valence electrons. The first-order chi connectivity index (χ1) is 16.4. The summed E-state index contributed by atoms with van der Waals surface area (Å²) >= 11 is 0. The smallest absolute Gasteiger partial charge is 0.267 e. The van der Waals surface area contributed by atoms with Gasteiger partial charge in [-0.2, -0.15) is 0 Å². The maximum atomic E-state index is 12.8. The van der Waals surface area contributed by atoms with Gasteiger partial charge in [-0.05, 0) is 55.3 Å². The first-order valence-corrected chi connectivity index (χ1v) is 11.2. The summed E-state index contributed by atoms with van der Waals surface area (Å²) in [6.07, 6.45) is 2.40. The number of amides is 2. The fourth-order valence-corrected chi connectivity index (χ4v) is 3.30. The predicted octanol–water partition coefficient (Wildman–Crippen LogP) is 3.80. The van der Waals surface area contributed by atoms with Gasteiger partial charge in [0.15, 0.2) is 0 Å². The van der Waals surface area contributed by atoms with Crippen molar-refractivity contribution in [3.05, 3.63) is 106 Å². The van der Waals surface area contributed by atoms with Gasteiger partial charge in [-0.15, -0.1) is 0 Å². The molecule has 0 aliphatic carbocycles. The van der Waals surface area contributed by atoms with Gasteiger partial charge in [-0.25, -0.2) is 0 Å². The minimum atomic E-state index is -0.473. The summed E-state index contributed by atoms with van der Waals surface area (Å²) in [5.74, 6) is -0.219. The molecule has 0 bridgehead atoms. The molecular weight excluding hydrogens is 428 g/mol. The largest absolute Gasteiger partial charge is 0.493 e. The Morgan fingerprint density at radius 2 is 1.68 bits per heavy atom. The van der Waals surface area contributed by atoms with Gasteiger partial charge in [-0.3, -0.25) is 9.59 Å². The van der Waals surface area contributed by atoms with Gasteiger partial charge < -0.3 is 20.5 Å². The van der Waals surface area contributed by atoms with Crippen molar-refractivity contribution in [1.29, 1.82) is 0 Å². The van der Waals surface area contributed by atoms with E-state index in [1.807, 2.05) is 37.3 Å². The second kappa shape index (κ2) is 12.4. The Morgan fingerprint density at radius 1 is 0.941 bits per heavy atom. The van der Waals surface area contributed by atoms with Crippen molar-refractivity contribution in [2.75, 3.05) is 19.8 Å². The summed E-state index contributed by atoms with van der Waals surface area (Å²) in [5.41, 5.74) is 4.79. The highest BCUT2D eigenvalue weighted by Gasteiger charge is 2.14. The van der Waals surface area contributed by atoms with Crippen molar-refractivity contribution in [1.82, 2.24) is 10.6 Å². The molecule has 0 heterocycles. The van der Waals surface area contributed by atoms with Crippen molar-refractivity contribution in [3.8, 4) is 5.75 Å². The average molecular weight is 459 g/mol. The molecule has 6 heteroatoms. The molecule has 34 heavy (non-hydrogen) atoms. The molecule has 3 N–H and O–H groups in total. The Hall–Kier alpha value is -3.90. The maximum Gasteiger partial charge on any atom is 0.267 e. The van der Waals surface area contributed by atoms with Crippen molar-refractivity contribution in [3.63, 3.8) is 0 Å². The number of ether oxygens (including phenoxy) is 1. The van der Waals surface area contributed by atoms with Crippen LogP contribution in [0.5, 0.6) is 5.75 Å². The number of benzene rings is 3. The van der Waals surface area contributed by atoms with Crippen LogP contribution in [0.25, 0.3) is 6.08 Å². The van der Waals surface area contributed by atoms with E-state index in [2.05, 4.69) is 35.8 Å². The fraction of sp³-hybridized carbons (Fsp3) is 0.214. The average Bonchev–Trinajstić information content (AvgIpc) is 2.84. The zero-order chi connectivity index (χ0) is 24.3. The number of hydrogen-bond donors (Lipinski definition) is 3. The number of carbonyl (C=O) groups is 2. The van der Waals surface area contributed by atoms with E-state index in [-0.39, 0.29) is 18.8 Å². The quantitative estimate of drug-likeness (QED) is 0.403. The summed E-state index contributed by atoms with van der Waals surface area (Å²) in [7, 11) is 0. The van der Waals surface area contributed by atoms with E-state index in [1.165, 1.54) is 11.1 Å². The van der Waals surface area contributed by atoms with Gasteiger partial charge >= 0.3 is 0 Å². The van der Waals surface area contributed by atoms with Crippen LogP contribution in [0.15, 0.2) is 78.5 Å². The molecule has 6 nitrogen and oxygen atoms in total. The Morgan fingerprint density at radius 3 is 2.35 bits per heavy atom. The van der Waals surface area contributed by atoms with E-state index in [4.69, 9.17) is 9.84 Å². The van der Waals surface area contributed by atoms with Crippen LogP contribution < -0.4 is 15.4 Å². The number of hydrogen-bond acceptors (Lipinski definition) is 4. The lowest BCUT2D eigenvalue weighted by atomic mass is 10.1. The molecule has 0 unspecified atom stereocenters. The standard InChI is InChI=1S/C28H30N2O4/c1-20-6-8-23(9-7-20)19-26(28(33)29-15-16-31)30-27(32)24-10-12-25(13-11-24)34-17-14-22-5-3-4-21(2)18-22/h3-13,18-19,31H,14-17H2,1-2H3,(H,29,33)(H,30,32)/b26-19-. The molecule has 3 aromatic rings. The van der Waals surface area contributed by atoms with Crippen LogP contribution in [-0.4, -0.2) is 36.7 Å². The molecule has 3 rings (SSSR count). The summed E-state index contributed by atoms with van der Waals surface area (Å²) in [6, 6.07) is 22.7. The Bertz CT molecular complexity index is 1140. The number of aryl methyl sites for hydroxylation is 2. The number of carbonyl (C=O) groups excluding carboxylic acids is 2. The van der Waals surface area contributed by atoms with Gasteiger partial charge in [0, 0.05) is 18.5 Å². The monoisotopic (exact) mass is 458 g/mol. The number of aliphatic hydroxyl groups is 1. The van der Waals surface area contributed by atoms with Gasteiger partial charge in [0.25, 0.3) is 11.8 Å². The molecule has 0 fully saturated rings. The summed E-state index contributed by atoms with van der Waals surface area (Å²) in [4.78, 5) is 25.3. The summed E-state index contributed by atoms with van der Waals surface area (Å²) in [5, 5.41) is 14.3. The van der Waals surface area contributed by atoms with Crippen LogP contribution >= 0.6 is 0 Å². The first kappa shape index (κ1) is 24.7. The van der Waals surface area contributed by atoms with E-state index >= 15 is 0 Å². The third-order valence-corrected chi connectivity index (χ3v) is 5.14. The van der Waals surface area contributed by atoms with Crippen molar-refractivity contribution in [2.24, 2.45) is 0 Å². The van der Waals surface area contributed by atoms with Crippen LogP contribution in [0.1, 0.15) is 32.6 Å². The number of nitrogens with one attached hydrogen (secondary N) is 2. The molecule has 0 saturated heterocycles. The molecule has 0 radical (unpaired) electrons. The van der Waals surface area contributed by atoms with Gasteiger partial charge in [0.2, 0.25) is 0 Å². The lowest BCUT2D eigenvalue weighted by Crippen LogP contribution is -2.36. The predicted molar refractivity (Wildman–Crippen MR) is 134 cm³/mol. The summed E-state index contributed by atoms with van der Waals surface area (Å²) in [6.45, 7) is 4.47. The molecule has 0 spiro atoms. The second-order valence-electron chi connectivity index (χ2n) is 8.01. The Kier molecular flexibility index (Phi) is 9.00. The molecule has 3 aromatic carbocycles. The van der Waals surface area contributed by atoms with Crippen LogP contribution in [0, 0.1) is 13.8 Å². The van der Waals surface area contributed by atoms with E-state index in [0.29, 0.717) is 17.9 Å². The highest BCUT2D eigenvalue weighted by Crippen LogP contribution is 2.14. The Labute approximate surface area is 200 Å². The first-order valence-electron chi connectivity index (χ1n) is 11.2. The maximum absolute atomic E-state index is 12.8. The van der Waals surface area contributed by atoms with E-state index in [0.717, 1.165) is 17.5 Å². The molecule has 0 aromatic heterocycles. The molecule has 0 aliphatic heterocycles. The van der Waals surface area contributed by atoms with E-state index in [1.54, 1.807) is 30.3 Å².